The van der Waals surface area contributed by atoms with Gasteiger partial charge in [0.2, 0.25) is 11.8 Å². The predicted octanol–water partition coefficient (Wildman–Crippen LogP) is 2.04. The number of rotatable bonds is 7. The molecule has 0 spiro atoms. The number of aromatic nitrogens is 3. The molecule has 0 unspecified atom stereocenters. The fourth-order valence-electron chi connectivity index (χ4n) is 2.25. The first-order chi connectivity index (χ1) is 12.2. The molecule has 2 aromatic heterocycles. The van der Waals surface area contributed by atoms with Crippen molar-refractivity contribution in [1.29, 1.82) is 0 Å². The van der Waals surface area contributed by atoms with Crippen molar-refractivity contribution in [1.82, 2.24) is 20.5 Å². The van der Waals surface area contributed by atoms with Gasteiger partial charge < -0.3 is 14.5 Å². The van der Waals surface area contributed by atoms with E-state index in [4.69, 9.17) is 9.15 Å². The van der Waals surface area contributed by atoms with Crippen molar-refractivity contribution < 1.29 is 13.9 Å². The zero-order chi connectivity index (χ0) is 17.5. The van der Waals surface area contributed by atoms with E-state index in [0.717, 1.165) is 11.3 Å². The van der Waals surface area contributed by atoms with Crippen LogP contribution in [0.3, 0.4) is 0 Å². The maximum Gasteiger partial charge on any atom is 0.266 e. The molecule has 128 valence electrons. The topological polar surface area (TPSA) is 90.1 Å². The molecule has 1 amide bonds. The summed E-state index contributed by atoms with van der Waals surface area (Å²) < 4.78 is 10.6. The molecular weight excluding hydrogens is 320 g/mol. The summed E-state index contributed by atoms with van der Waals surface area (Å²) >= 11 is 0. The van der Waals surface area contributed by atoms with Crippen LogP contribution in [0.1, 0.15) is 11.5 Å². The highest BCUT2D eigenvalue weighted by molar-refractivity contribution is 5.78. The Morgan fingerprint density at radius 3 is 2.72 bits per heavy atom. The summed E-state index contributed by atoms with van der Waals surface area (Å²) in [6.45, 7) is 0.429. The average Bonchev–Trinajstić information content (AvgIpc) is 3.12. The highest BCUT2D eigenvalue weighted by Crippen LogP contribution is 2.14. The van der Waals surface area contributed by atoms with Crippen molar-refractivity contribution in [2.45, 2.75) is 12.8 Å². The molecule has 25 heavy (non-hydrogen) atoms. The van der Waals surface area contributed by atoms with Crippen molar-refractivity contribution in [3.8, 4) is 17.3 Å². The third-order valence-electron chi connectivity index (χ3n) is 3.54. The van der Waals surface area contributed by atoms with Gasteiger partial charge in [-0.1, -0.05) is 18.2 Å². The monoisotopic (exact) mass is 338 g/mol. The Morgan fingerprint density at radius 2 is 2.00 bits per heavy atom. The molecule has 0 bridgehead atoms. The van der Waals surface area contributed by atoms with Crippen molar-refractivity contribution >= 4 is 5.91 Å². The first-order valence-corrected chi connectivity index (χ1v) is 7.88. The number of ether oxygens (including phenoxy) is 1. The van der Waals surface area contributed by atoms with Gasteiger partial charge in [-0.15, -0.1) is 10.2 Å². The molecule has 0 saturated heterocycles. The molecule has 3 aromatic rings. The molecule has 0 radical (unpaired) electrons. The molecule has 0 aliphatic rings. The Labute approximate surface area is 145 Å². The number of carbonyl (C=O) groups is 1. The van der Waals surface area contributed by atoms with E-state index in [0.29, 0.717) is 36.9 Å². The Kier molecular flexibility index (Phi) is 5.36. The van der Waals surface area contributed by atoms with Crippen molar-refractivity contribution in [2.24, 2.45) is 0 Å². The van der Waals surface area contributed by atoms with E-state index in [-0.39, 0.29) is 5.91 Å². The van der Waals surface area contributed by atoms with Crippen LogP contribution >= 0.6 is 0 Å². The van der Waals surface area contributed by atoms with Crippen molar-refractivity contribution in [2.75, 3.05) is 13.7 Å². The highest BCUT2D eigenvalue weighted by atomic mass is 16.5. The molecule has 0 atom stereocenters. The lowest BCUT2D eigenvalue weighted by atomic mass is 10.1. The zero-order valence-electron chi connectivity index (χ0n) is 13.8. The molecule has 7 heteroatoms. The average molecular weight is 338 g/mol. The normalized spacial score (nSPS) is 10.4. The van der Waals surface area contributed by atoms with Crippen molar-refractivity contribution in [3.05, 3.63) is 60.1 Å². The van der Waals surface area contributed by atoms with E-state index in [1.54, 1.807) is 19.4 Å². The number of pyridine rings is 1. The lowest BCUT2D eigenvalue weighted by Gasteiger charge is -2.05. The Balaban J connectivity index is 1.46. The van der Waals surface area contributed by atoms with Gasteiger partial charge in [0.25, 0.3) is 5.89 Å². The van der Waals surface area contributed by atoms with Crippen LogP contribution in [-0.4, -0.2) is 34.7 Å². The van der Waals surface area contributed by atoms with Crippen LogP contribution in [0.4, 0.5) is 0 Å². The van der Waals surface area contributed by atoms with E-state index in [1.807, 2.05) is 36.4 Å². The summed E-state index contributed by atoms with van der Waals surface area (Å²) in [7, 11) is 1.61. The minimum Gasteiger partial charge on any atom is -0.497 e. The first kappa shape index (κ1) is 16.6. The molecule has 1 N–H and O–H groups in total. The van der Waals surface area contributed by atoms with Crippen LogP contribution in [0.2, 0.25) is 0 Å². The second-order valence-corrected chi connectivity index (χ2v) is 5.34. The van der Waals surface area contributed by atoms with Crippen LogP contribution in [0, 0.1) is 0 Å². The quantitative estimate of drug-likeness (QED) is 0.709. The van der Waals surface area contributed by atoms with Crippen molar-refractivity contribution in [3.63, 3.8) is 0 Å². The predicted molar refractivity (Wildman–Crippen MR) is 90.9 cm³/mol. The molecule has 2 heterocycles. The third kappa shape index (κ3) is 4.63. The van der Waals surface area contributed by atoms with Crippen LogP contribution < -0.4 is 10.1 Å². The molecule has 0 fully saturated rings. The zero-order valence-corrected chi connectivity index (χ0v) is 13.8. The number of hydrogen-bond acceptors (Lipinski definition) is 6. The summed E-state index contributed by atoms with van der Waals surface area (Å²) in [5.74, 6) is 1.55. The van der Waals surface area contributed by atoms with Gasteiger partial charge in [0.05, 0.1) is 13.5 Å². The molecular formula is C18H18N4O3. The number of hydrogen-bond donors (Lipinski definition) is 1. The molecule has 0 aliphatic heterocycles. The second-order valence-electron chi connectivity index (χ2n) is 5.34. The highest BCUT2D eigenvalue weighted by Gasteiger charge is 2.10. The van der Waals surface area contributed by atoms with Gasteiger partial charge in [-0.3, -0.25) is 9.78 Å². The molecule has 7 nitrogen and oxygen atoms in total. The number of nitrogens with one attached hydrogen (secondary N) is 1. The molecule has 1 aromatic carbocycles. The van der Waals surface area contributed by atoms with Gasteiger partial charge in [0.15, 0.2) is 0 Å². The van der Waals surface area contributed by atoms with E-state index in [1.165, 1.54) is 0 Å². The second kappa shape index (κ2) is 8.05. The van der Waals surface area contributed by atoms with Gasteiger partial charge in [-0.05, 0) is 29.8 Å². The first-order valence-electron chi connectivity index (χ1n) is 7.88. The Hall–Kier alpha value is -3.22. The van der Waals surface area contributed by atoms with Gasteiger partial charge >= 0.3 is 0 Å². The van der Waals surface area contributed by atoms with Gasteiger partial charge in [0, 0.05) is 19.2 Å². The Bertz CT molecular complexity index is 816. The number of amides is 1. The molecule has 0 saturated carbocycles. The fraction of sp³-hybridized carbons (Fsp3) is 0.222. The summed E-state index contributed by atoms with van der Waals surface area (Å²) in [6, 6.07) is 12.9. The van der Waals surface area contributed by atoms with Gasteiger partial charge in [0.1, 0.15) is 11.4 Å². The maximum atomic E-state index is 12.0. The minimum atomic E-state index is -0.0605. The number of carbonyl (C=O) groups excluding carboxylic acids is 1. The Morgan fingerprint density at radius 1 is 1.16 bits per heavy atom. The summed E-state index contributed by atoms with van der Waals surface area (Å²) in [5.41, 5.74) is 1.55. The molecule has 3 rings (SSSR count). The smallest absolute Gasteiger partial charge is 0.266 e. The SMILES string of the molecule is COc1ccc(CC(=O)NCCc2nnc(-c3ccccn3)o2)cc1. The van der Waals surface area contributed by atoms with Crippen LogP contribution in [-0.2, 0) is 17.6 Å². The van der Waals surface area contributed by atoms with Gasteiger partial charge in [-0.25, -0.2) is 0 Å². The maximum absolute atomic E-state index is 12.0. The summed E-state index contributed by atoms with van der Waals surface area (Å²) in [5, 5.41) is 10.8. The largest absolute Gasteiger partial charge is 0.497 e. The van der Waals surface area contributed by atoms with E-state index in [9.17, 15) is 4.79 Å². The lowest BCUT2D eigenvalue weighted by Crippen LogP contribution is -2.27. The molecule has 0 aliphatic carbocycles. The fourth-order valence-corrected chi connectivity index (χ4v) is 2.25. The van der Waals surface area contributed by atoms with E-state index in [2.05, 4.69) is 20.5 Å². The van der Waals surface area contributed by atoms with E-state index < -0.39 is 0 Å². The third-order valence-corrected chi connectivity index (χ3v) is 3.54. The van der Waals surface area contributed by atoms with Crippen LogP contribution in [0.5, 0.6) is 5.75 Å². The van der Waals surface area contributed by atoms with Gasteiger partial charge in [-0.2, -0.15) is 0 Å². The number of benzene rings is 1. The lowest BCUT2D eigenvalue weighted by molar-refractivity contribution is -0.120. The van der Waals surface area contributed by atoms with E-state index >= 15 is 0 Å². The minimum absolute atomic E-state index is 0.0605. The standard InChI is InChI=1S/C18H18N4O3/c1-24-14-7-5-13(6-8-14)12-16(23)20-11-9-17-21-22-18(25-17)15-4-2-3-10-19-15/h2-8,10H,9,11-12H2,1H3,(H,20,23). The summed E-state index contributed by atoms with van der Waals surface area (Å²) in [4.78, 5) is 16.1. The summed E-state index contributed by atoms with van der Waals surface area (Å²) in [6.07, 6.45) is 2.44. The number of nitrogens with zero attached hydrogens (tertiary/aromatic N) is 3. The van der Waals surface area contributed by atoms with Crippen LogP contribution in [0.15, 0.2) is 53.1 Å². The van der Waals surface area contributed by atoms with Crippen LogP contribution in [0.25, 0.3) is 11.6 Å². The number of methoxy groups -OCH3 is 1.